The summed E-state index contributed by atoms with van der Waals surface area (Å²) in [6.07, 6.45) is -2.88. The molecule has 2 aromatic carbocycles. The number of ether oxygens (including phenoxy) is 2. The van der Waals surface area contributed by atoms with E-state index in [4.69, 9.17) is 9.47 Å². The van der Waals surface area contributed by atoms with Gasteiger partial charge in [-0.2, -0.15) is 18.3 Å². The number of halogens is 3. The SMILES string of the molecule is FC(F)(F)c1cccc(-c2ccnc3[nH]nc(-c4ccc5c(c4)OCO5)c23)c1. The summed E-state index contributed by atoms with van der Waals surface area (Å²) in [6, 6.07) is 12.3. The van der Waals surface area contributed by atoms with Gasteiger partial charge in [-0.25, -0.2) is 4.98 Å². The van der Waals surface area contributed by atoms with Crippen molar-refractivity contribution < 1.29 is 22.6 Å². The monoisotopic (exact) mass is 383 g/mol. The number of hydrogen-bond acceptors (Lipinski definition) is 4. The molecule has 140 valence electrons. The molecule has 0 atom stereocenters. The van der Waals surface area contributed by atoms with Crippen LogP contribution in [-0.2, 0) is 6.18 Å². The van der Waals surface area contributed by atoms with Crippen LogP contribution in [0, 0.1) is 0 Å². The Kier molecular flexibility index (Phi) is 3.55. The predicted octanol–water partition coefficient (Wildman–Crippen LogP) is 5.04. The molecule has 0 amide bonds. The molecule has 0 bridgehead atoms. The van der Waals surface area contributed by atoms with Crippen LogP contribution in [0.4, 0.5) is 13.2 Å². The van der Waals surface area contributed by atoms with Gasteiger partial charge in [-0.15, -0.1) is 0 Å². The fraction of sp³-hybridized carbons (Fsp3) is 0.100. The van der Waals surface area contributed by atoms with Crippen molar-refractivity contribution in [3.05, 3.63) is 60.3 Å². The third kappa shape index (κ3) is 2.65. The van der Waals surface area contributed by atoms with Gasteiger partial charge in [0.15, 0.2) is 17.1 Å². The highest BCUT2D eigenvalue weighted by atomic mass is 19.4. The molecule has 0 saturated carbocycles. The quantitative estimate of drug-likeness (QED) is 0.527. The first-order chi connectivity index (χ1) is 13.5. The molecule has 0 aliphatic carbocycles. The number of nitrogens with one attached hydrogen (secondary N) is 1. The highest BCUT2D eigenvalue weighted by molar-refractivity contribution is 6.02. The van der Waals surface area contributed by atoms with Crippen molar-refractivity contribution >= 4 is 11.0 Å². The molecular formula is C20H12F3N3O2. The van der Waals surface area contributed by atoms with Crippen LogP contribution in [0.25, 0.3) is 33.4 Å². The van der Waals surface area contributed by atoms with Gasteiger partial charge < -0.3 is 9.47 Å². The lowest BCUT2D eigenvalue weighted by atomic mass is 9.98. The Balaban J connectivity index is 1.71. The first kappa shape index (κ1) is 16.6. The van der Waals surface area contributed by atoms with E-state index in [9.17, 15) is 13.2 Å². The lowest BCUT2D eigenvalue weighted by molar-refractivity contribution is -0.137. The topological polar surface area (TPSA) is 60.0 Å². The van der Waals surface area contributed by atoms with Crippen molar-refractivity contribution in [2.45, 2.75) is 6.18 Å². The van der Waals surface area contributed by atoms with E-state index in [1.165, 1.54) is 6.07 Å². The molecule has 5 rings (SSSR count). The van der Waals surface area contributed by atoms with Gasteiger partial charge in [-0.3, -0.25) is 5.10 Å². The van der Waals surface area contributed by atoms with Gasteiger partial charge in [0.25, 0.3) is 0 Å². The predicted molar refractivity (Wildman–Crippen MR) is 95.9 cm³/mol. The van der Waals surface area contributed by atoms with Crippen molar-refractivity contribution in [1.82, 2.24) is 15.2 Å². The standard InChI is InChI=1S/C20H12F3N3O2/c21-20(22,23)13-3-1-2-11(8-13)14-6-7-24-19-17(14)18(25-26-19)12-4-5-15-16(9-12)28-10-27-15/h1-9H,10H2,(H,24,25,26). The van der Waals surface area contributed by atoms with E-state index >= 15 is 0 Å². The summed E-state index contributed by atoms with van der Waals surface area (Å²) in [7, 11) is 0. The molecule has 1 aliphatic rings. The third-order valence-electron chi connectivity index (χ3n) is 4.61. The molecular weight excluding hydrogens is 371 g/mol. The Labute approximate surface area is 156 Å². The summed E-state index contributed by atoms with van der Waals surface area (Å²) in [4.78, 5) is 4.26. The number of benzene rings is 2. The third-order valence-corrected chi connectivity index (χ3v) is 4.61. The Morgan fingerprint density at radius 1 is 0.929 bits per heavy atom. The zero-order valence-electron chi connectivity index (χ0n) is 14.2. The molecule has 0 unspecified atom stereocenters. The first-order valence-electron chi connectivity index (χ1n) is 8.41. The van der Waals surface area contributed by atoms with Gasteiger partial charge >= 0.3 is 6.18 Å². The molecule has 0 spiro atoms. The normalized spacial score (nSPS) is 13.2. The highest BCUT2D eigenvalue weighted by Crippen LogP contribution is 2.40. The van der Waals surface area contributed by atoms with E-state index in [1.807, 2.05) is 6.07 Å². The van der Waals surface area contributed by atoms with Crippen LogP contribution in [0.5, 0.6) is 11.5 Å². The minimum atomic E-state index is -4.42. The number of aromatic nitrogens is 3. The van der Waals surface area contributed by atoms with Gasteiger partial charge in [0.1, 0.15) is 5.69 Å². The Hall–Kier alpha value is -3.55. The zero-order chi connectivity index (χ0) is 19.3. The average molecular weight is 383 g/mol. The van der Waals surface area contributed by atoms with Gasteiger partial charge in [0, 0.05) is 11.8 Å². The van der Waals surface area contributed by atoms with Crippen molar-refractivity contribution in [3.63, 3.8) is 0 Å². The van der Waals surface area contributed by atoms with Crippen molar-refractivity contribution in [3.8, 4) is 33.9 Å². The summed E-state index contributed by atoms with van der Waals surface area (Å²) in [5.41, 5.74) is 2.15. The Morgan fingerprint density at radius 3 is 2.64 bits per heavy atom. The summed E-state index contributed by atoms with van der Waals surface area (Å²) < 4.78 is 50.2. The molecule has 4 aromatic rings. The molecule has 1 aliphatic heterocycles. The summed E-state index contributed by atoms with van der Waals surface area (Å²) in [5.74, 6) is 1.23. The van der Waals surface area contributed by atoms with Crippen LogP contribution < -0.4 is 9.47 Å². The maximum atomic E-state index is 13.2. The number of rotatable bonds is 2. The molecule has 2 aromatic heterocycles. The van der Waals surface area contributed by atoms with E-state index in [2.05, 4.69) is 15.2 Å². The number of pyridine rings is 1. The van der Waals surface area contributed by atoms with Gasteiger partial charge in [-0.1, -0.05) is 12.1 Å². The second-order valence-electron chi connectivity index (χ2n) is 6.30. The fourth-order valence-corrected chi connectivity index (χ4v) is 3.31. The molecule has 0 fully saturated rings. The number of H-pyrrole nitrogens is 1. The molecule has 0 radical (unpaired) electrons. The first-order valence-corrected chi connectivity index (χ1v) is 8.41. The minimum absolute atomic E-state index is 0.150. The van der Waals surface area contributed by atoms with E-state index in [-0.39, 0.29) is 6.79 Å². The molecule has 8 heteroatoms. The number of aromatic amines is 1. The summed E-state index contributed by atoms with van der Waals surface area (Å²) >= 11 is 0. The van der Waals surface area contributed by atoms with Crippen LogP contribution >= 0.6 is 0 Å². The van der Waals surface area contributed by atoms with E-state index in [0.29, 0.717) is 39.4 Å². The lowest BCUT2D eigenvalue weighted by Gasteiger charge is -2.10. The minimum Gasteiger partial charge on any atom is -0.454 e. The Bertz CT molecular complexity index is 1200. The van der Waals surface area contributed by atoms with Crippen LogP contribution in [0.2, 0.25) is 0 Å². The molecule has 5 nitrogen and oxygen atoms in total. The maximum absolute atomic E-state index is 13.2. The largest absolute Gasteiger partial charge is 0.454 e. The molecule has 3 heterocycles. The van der Waals surface area contributed by atoms with Crippen molar-refractivity contribution in [2.24, 2.45) is 0 Å². The number of alkyl halides is 3. The highest BCUT2D eigenvalue weighted by Gasteiger charge is 2.30. The van der Waals surface area contributed by atoms with Crippen molar-refractivity contribution in [1.29, 1.82) is 0 Å². The smallest absolute Gasteiger partial charge is 0.416 e. The van der Waals surface area contributed by atoms with Crippen molar-refractivity contribution in [2.75, 3.05) is 6.79 Å². The number of fused-ring (bicyclic) bond motifs is 2. The summed E-state index contributed by atoms with van der Waals surface area (Å²) in [6.45, 7) is 0.150. The molecule has 1 N–H and O–H groups in total. The Morgan fingerprint density at radius 2 is 1.79 bits per heavy atom. The summed E-state index contributed by atoms with van der Waals surface area (Å²) in [5, 5.41) is 7.84. The van der Waals surface area contributed by atoms with Gasteiger partial charge in [0.2, 0.25) is 6.79 Å². The number of hydrogen-bond donors (Lipinski definition) is 1. The maximum Gasteiger partial charge on any atom is 0.416 e. The van der Waals surface area contributed by atoms with E-state index in [0.717, 1.165) is 17.7 Å². The van der Waals surface area contributed by atoms with E-state index < -0.39 is 11.7 Å². The second-order valence-corrected chi connectivity index (χ2v) is 6.30. The van der Waals surface area contributed by atoms with E-state index in [1.54, 1.807) is 30.5 Å². The van der Waals surface area contributed by atoms with Gasteiger partial charge in [0.05, 0.1) is 10.9 Å². The van der Waals surface area contributed by atoms with Crippen LogP contribution in [0.15, 0.2) is 54.7 Å². The fourth-order valence-electron chi connectivity index (χ4n) is 3.31. The van der Waals surface area contributed by atoms with Crippen LogP contribution in [0.3, 0.4) is 0 Å². The lowest BCUT2D eigenvalue weighted by Crippen LogP contribution is -2.04. The second kappa shape index (κ2) is 5.98. The molecule has 28 heavy (non-hydrogen) atoms. The number of nitrogens with zero attached hydrogens (tertiary/aromatic N) is 2. The van der Waals surface area contributed by atoms with Crippen LogP contribution in [-0.4, -0.2) is 22.0 Å². The molecule has 0 saturated heterocycles. The zero-order valence-corrected chi connectivity index (χ0v) is 14.2. The average Bonchev–Trinajstić information content (AvgIpc) is 3.33. The van der Waals surface area contributed by atoms with Gasteiger partial charge in [-0.05, 0) is 47.5 Å². The van der Waals surface area contributed by atoms with Crippen LogP contribution in [0.1, 0.15) is 5.56 Å².